The van der Waals surface area contributed by atoms with Crippen molar-refractivity contribution in [1.29, 1.82) is 0 Å². The highest BCUT2D eigenvalue weighted by molar-refractivity contribution is 7.59. The number of nitrogens with zero attached hydrogens (tertiary/aromatic N) is 1. The van der Waals surface area contributed by atoms with Crippen molar-refractivity contribution < 1.29 is 28.6 Å². The minimum Gasteiger partial charge on any atom is -0.446 e. The Morgan fingerprint density at radius 3 is 2.52 bits per heavy atom. The minimum absolute atomic E-state index is 0.0638. The molecule has 0 bridgehead atoms. The summed E-state index contributed by atoms with van der Waals surface area (Å²) >= 11 is 0. The number of aryl methyl sites for hydroxylation is 1. The van der Waals surface area contributed by atoms with Crippen LogP contribution in [-0.4, -0.2) is 57.7 Å². The Morgan fingerprint density at radius 1 is 1.23 bits per heavy atom. The fourth-order valence-corrected chi connectivity index (χ4v) is 8.47. The van der Waals surface area contributed by atoms with E-state index in [0.717, 1.165) is 36.8 Å². The van der Waals surface area contributed by atoms with Crippen molar-refractivity contribution in [2.75, 3.05) is 6.54 Å². The molecule has 3 fully saturated rings. The lowest BCUT2D eigenvalue weighted by Gasteiger charge is -2.36. The van der Waals surface area contributed by atoms with Crippen LogP contribution in [-0.2, 0) is 25.1 Å². The van der Waals surface area contributed by atoms with Gasteiger partial charge in [-0.15, -0.1) is 6.58 Å². The van der Waals surface area contributed by atoms with Gasteiger partial charge in [-0.05, 0) is 62.8 Å². The van der Waals surface area contributed by atoms with Gasteiger partial charge in [0.1, 0.15) is 23.5 Å². The van der Waals surface area contributed by atoms with E-state index in [1.807, 2.05) is 52.0 Å². The number of benzene rings is 1. The van der Waals surface area contributed by atoms with Gasteiger partial charge >= 0.3 is 6.09 Å². The standard InChI is InChI=1S/C30H44N3O6P/c1-6-22-18-30(22,40(37,38)19-21-12-9-11-20(2)17-21)32-26(34)24-15-10-16-33(24)27(35)25(29(3,4)5)31-28(36)39-23-13-7-8-14-23/h6,9,11-12,17,22-25H,1,7-8,10,13-16,18-19H2,2-5H3,(H,31,36)(H,32,34)(H,37,38)/t22-,24+,25-,30+/m1/s1. The largest absolute Gasteiger partial charge is 0.446 e. The Morgan fingerprint density at radius 2 is 1.93 bits per heavy atom. The molecule has 2 saturated carbocycles. The number of ether oxygens (including phenoxy) is 1. The Kier molecular flexibility index (Phi) is 8.86. The number of alkyl carbamates (subject to hydrolysis) is 1. The zero-order chi connectivity index (χ0) is 29.3. The van der Waals surface area contributed by atoms with E-state index in [1.54, 1.807) is 6.08 Å². The van der Waals surface area contributed by atoms with Crippen LogP contribution in [0.15, 0.2) is 36.9 Å². The van der Waals surface area contributed by atoms with Gasteiger partial charge in [-0.3, -0.25) is 14.2 Å². The van der Waals surface area contributed by atoms with E-state index >= 15 is 0 Å². The topological polar surface area (TPSA) is 125 Å². The number of hydrogen-bond donors (Lipinski definition) is 3. The molecule has 0 spiro atoms. The summed E-state index contributed by atoms with van der Waals surface area (Å²) in [6, 6.07) is 5.76. The monoisotopic (exact) mass is 573 g/mol. The summed E-state index contributed by atoms with van der Waals surface area (Å²) in [5.74, 6) is -1.14. The molecule has 0 aromatic heterocycles. The first-order valence-electron chi connectivity index (χ1n) is 14.4. The zero-order valence-electron chi connectivity index (χ0n) is 24.2. The molecule has 1 saturated heterocycles. The van der Waals surface area contributed by atoms with Gasteiger partial charge in [-0.2, -0.15) is 0 Å². The van der Waals surface area contributed by atoms with Gasteiger partial charge in [-0.25, -0.2) is 4.79 Å². The van der Waals surface area contributed by atoms with Crippen LogP contribution in [0.5, 0.6) is 0 Å². The first-order valence-corrected chi connectivity index (χ1v) is 16.2. The Hall–Kier alpha value is -2.64. The molecular formula is C30H44N3O6P. The van der Waals surface area contributed by atoms with Crippen molar-refractivity contribution in [3.8, 4) is 0 Å². The smallest absolute Gasteiger partial charge is 0.408 e. The number of amides is 3. The first kappa shape index (κ1) is 30.3. The maximum Gasteiger partial charge on any atom is 0.408 e. The van der Waals surface area contributed by atoms with E-state index in [4.69, 9.17) is 4.74 Å². The second-order valence-electron chi connectivity index (χ2n) is 12.8. The SMILES string of the molecule is C=C[C@@H]1C[C@]1(NC(=O)[C@@H]1CCCN1C(=O)[C@@H](NC(=O)OC1CCCC1)C(C)(C)C)P(=O)(O)Cc1cccc(C)c1. The summed E-state index contributed by atoms with van der Waals surface area (Å²) in [5.41, 5.74) is 1.09. The highest BCUT2D eigenvalue weighted by Crippen LogP contribution is 2.70. The van der Waals surface area contributed by atoms with Gasteiger partial charge in [0.05, 0.1) is 6.16 Å². The van der Waals surface area contributed by atoms with Crippen molar-refractivity contribution in [2.24, 2.45) is 11.3 Å². The van der Waals surface area contributed by atoms with Gasteiger partial charge in [0.25, 0.3) is 0 Å². The molecule has 4 rings (SSSR count). The lowest BCUT2D eigenvalue weighted by Crippen LogP contribution is -2.58. The summed E-state index contributed by atoms with van der Waals surface area (Å²) in [6.07, 6.45) is 5.85. The normalized spacial score (nSPS) is 27.0. The van der Waals surface area contributed by atoms with Crippen molar-refractivity contribution >= 4 is 25.3 Å². The van der Waals surface area contributed by atoms with Crippen molar-refractivity contribution in [3.05, 3.63) is 48.0 Å². The van der Waals surface area contributed by atoms with Gasteiger partial charge in [0.15, 0.2) is 0 Å². The van der Waals surface area contributed by atoms with E-state index in [1.165, 1.54) is 4.90 Å². The molecule has 9 nitrogen and oxygen atoms in total. The van der Waals surface area contributed by atoms with Gasteiger partial charge < -0.3 is 25.2 Å². The van der Waals surface area contributed by atoms with Crippen molar-refractivity contribution in [3.63, 3.8) is 0 Å². The molecule has 1 aliphatic heterocycles. The third-order valence-corrected chi connectivity index (χ3v) is 11.2. The molecule has 220 valence electrons. The molecule has 1 unspecified atom stereocenters. The summed E-state index contributed by atoms with van der Waals surface area (Å²) in [4.78, 5) is 52.9. The Bertz CT molecular complexity index is 1190. The number of carbonyl (C=O) groups excluding carboxylic acids is 3. The maximum absolute atomic E-state index is 13.8. The molecule has 10 heteroatoms. The van der Waals surface area contributed by atoms with Gasteiger partial charge in [0.2, 0.25) is 19.2 Å². The molecule has 1 aromatic rings. The molecule has 3 aliphatic rings. The summed E-state index contributed by atoms with van der Waals surface area (Å²) < 4.78 is 19.3. The van der Waals surface area contributed by atoms with Gasteiger partial charge in [0, 0.05) is 12.5 Å². The van der Waals surface area contributed by atoms with Crippen LogP contribution in [0.2, 0.25) is 0 Å². The Balaban J connectivity index is 1.48. The molecule has 1 aromatic carbocycles. The molecular weight excluding hydrogens is 529 g/mol. The predicted octanol–water partition coefficient (Wildman–Crippen LogP) is 4.86. The highest BCUT2D eigenvalue weighted by Gasteiger charge is 2.65. The maximum atomic E-state index is 13.8. The summed E-state index contributed by atoms with van der Waals surface area (Å²) in [6.45, 7) is 11.7. The quantitative estimate of drug-likeness (QED) is 0.286. The van der Waals surface area contributed by atoms with Crippen molar-refractivity contribution in [1.82, 2.24) is 15.5 Å². The van der Waals surface area contributed by atoms with Crippen LogP contribution in [0.4, 0.5) is 4.79 Å². The van der Waals surface area contributed by atoms with E-state index in [9.17, 15) is 23.8 Å². The summed E-state index contributed by atoms with van der Waals surface area (Å²) in [7, 11) is -3.90. The van der Waals surface area contributed by atoms with E-state index < -0.39 is 42.1 Å². The molecule has 0 radical (unpaired) electrons. The van der Waals surface area contributed by atoms with Crippen LogP contribution < -0.4 is 10.6 Å². The number of hydrogen-bond acceptors (Lipinski definition) is 5. The molecule has 1 heterocycles. The number of rotatable bonds is 9. The van der Waals surface area contributed by atoms with Gasteiger partial charge in [-0.1, -0.05) is 56.7 Å². The molecule has 3 N–H and O–H groups in total. The average molecular weight is 574 g/mol. The lowest BCUT2D eigenvalue weighted by molar-refractivity contribution is -0.142. The fourth-order valence-electron chi connectivity index (χ4n) is 6.11. The molecule has 3 amide bonds. The summed E-state index contributed by atoms with van der Waals surface area (Å²) in [5, 5.41) is 4.37. The predicted molar refractivity (Wildman–Crippen MR) is 154 cm³/mol. The number of likely N-dealkylation sites (tertiary alicyclic amines) is 1. The fraction of sp³-hybridized carbons (Fsp3) is 0.633. The molecule has 5 atom stereocenters. The average Bonchev–Trinajstić information content (AvgIpc) is 3.20. The van der Waals surface area contributed by atoms with Crippen LogP contribution in [0, 0.1) is 18.3 Å². The molecule has 2 aliphatic carbocycles. The third kappa shape index (κ3) is 6.46. The van der Waals surface area contributed by atoms with E-state index in [-0.39, 0.29) is 24.1 Å². The lowest BCUT2D eigenvalue weighted by atomic mass is 9.85. The van der Waals surface area contributed by atoms with E-state index in [0.29, 0.717) is 25.8 Å². The Labute approximate surface area is 237 Å². The van der Waals surface area contributed by atoms with Crippen LogP contribution >= 0.6 is 7.37 Å². The first-order chi connectivity index (χ1) is 18.8. The van der Waals surface area contributed by atoms with Crippen LogP contribution in [0.1, 0.15) is 76.8 Å². The second kappa shape index (κ2) is 11.7. The number of carbonyl (C=O) groups is 3. The third-order valence-electron chi connectivity index (χ3n) is 8.50. The second-order valence-corrected chi connectivity index (χ2v) is 15.3. The number of nitrogens with one attached hydrogen (secondary N) is 2. The highest BCUT2D eigenvalue weighted by atomic mass is 31.2. The van der Waals surface area contributed by atoms with E-state index in [2.05, 4.69) is 17.2 Å². The minimum atomic E-state index is -3.90. The molecule has 40 heavy (non-hydrogen) atoms. The van der Waals surface area contributed by atoms with Crippen LogP contribution in [0.25, 0.3) is 0 Å². The zero-order valence-corrected chi connectivity index (χ0v) is 25.0. The van der Waals surface area contributed by atoms with Crippen LogP contribution in [0.3, 0.4) is 0 Å². The van der Waals surface area contributed by atoms with Crippen molar-refractivity contribution in [2.45, 2.75) is 102 Å².